The van der Waals surface area contributed by atoms with Gasteiger partial charge in [-0.3, -0.25) is 9.48 Å². The molecule has 0 bridgehead atoms. The third-order valence-corrected chi connectivity index (χ3v) is 2.05. The summed E-state index contributed by atoms with van der Waals surface area (Å²) >= 11 is 0. The zero-order valence-corrected chi connectivity index (χ0v) is 8.69. The van der Waals surface area contributed by atoms with Gasteiger partial charge in [0.1, 0.15) is 6.61 Å². The van der Waals surface area contributed by atoms with Crippen LogP contribution in [0.2, 0.25) is 0 Å². The lowest BCUT2D eigenvalue weighted by molar-refractivity contribution is -0.123. The molecule has 0 atom stereocenters. The minimum Gasteiger partial charge on any atom is -0.374 e. The van der Waals surface area contributed by atoms with Crippen molar-refractivity contribution in [1.29, 1.82) is 0 Å². The Labute approximate surface area is 83.9 Å². The van der Waals surface area contributed by atoms with E-state index < -0.39 is 0 Å². The van der Waals surface area contributed by atoms with Crippen LogP contribution >= 0.6 is 0 Å². The molecule has 1 aromatic heterocycles. The number of carbonyl (C=O) groups is 1. The Kier molecular flexibility index (Phi) is 4.32. The van der Waals surface area contributed by atoms with Gasteiger partial charge in [0.25, 0.3) is 0 Å². The Bertz CT molecular complexity index is 294. The molecule has 0 aliphatic carbocycles. The average Bonchev–Trinajstić information content (AvgIpc) is 2.58. The molecule has 0 amide bonds. The summed E-state index contributed by atoms with van der Waals surface area (Å²) in [5.74, 6) is 0.146. The Morgan fingerprint density at radius 2 is 2.43 bits per heavy atom. The summed E-state index contributed by atoms with van der Waals surface area (Å²) in [6, 6.07) is 1.92. The largest absolute Gasteiger partial charge is 0.374 e. The predicted molar refractivity (Wildman–Crippen MR) is 53.0 cm³/mol. The van der Waals surface area contributed by atoms with Crippen LogP contribution in [0.4, 0.5) is 0 Å². The van der Waals surface area contributed by atoms with Gasteiger partial charge in [0.05, 0.1) is 0 Å². The molecular weight excluding hydrogens is 180 g/mol. The highest BCUT2D eigenvalue weighted by molar-refractivity contribution is 5.79. The first kappa shape index (κ1) is 10.9. The molecule has 0 aromatic carbocycles. The van der Waals surface area contributed by atoms with Gasteiger partial charge in [-0.2, -0.15) is 5.10 Å². The number of rotatable bonds is 6. The molecule has 0 fully saturated rings. The number of ketones is 1. The van der Waals surface area contributed by atoms with E-state index in [2.05, 4.69) is 5.10 Å². The van der Waals surface area contributed by atoms with Crippen LogP contribution in [0.5, 0.6) is 0 Å². The Morgan fingerprint density at radius 3 is 3.00 bits per heavy atom. The second-order valence-electron chi connectivity index (χ2n) is 3.12. The zero-order chi connectivity index (χ0) is 10.4. The van der Waals surface area contributed by atoms with Crippen LogP contribution in [0.25, 0.3) is 0 Å². The van der Waals surface area contributed by atoms with Gasteiger partial charge >= 0.3 is 0 Å². The van der Waals surface area contributed by atoms with Crippen molar-refractivity contribution in [2.24, 2.45) is 7.05 Å². The van der Waals surface area contributed by atoms with E-state index in [1.165, 1.54) is 0 Å². The first-order valence-corrected chi connectivity index (χ1v) is 4.80. The highest BCUT2D eigenvalue weighted by Crippen LogP contribution is 2.01. The summed E-state index contributed by atoms with van der Waals surface area (Å²) in [6.07, 6.45) is 3.00. The molecule has 0 radical (unpaired) electrons. The second kappa shape index (κ2) is 5.54. The van der Waals surface area contributed by atoms with Crippen molar-refractivity contribution in [3.63, 3.8) is 0 Å². The summed E-state index contributed by atoms with van der Waals surface area (Å²) < 4.78 is 6.81. The van der Waals surface area contributed by atoms with Gasteiger partial charge in [-0.25, -0.2) is 0 Å². The number of aromatic nitrogens is 2. The third kappa shape index (κ3) is 3.30. The fourth-order valence-electron chi connectivity index (χ4n) is 1.20. The quantitative estimate of drug-likeness (QED) is 0.680. The van der Waals surface area contributed by atoms with E-state index in [9.17, 15) is 4.79 Å². The normalized spacial score (nSPS) is 10.4. The summed E-state index contributed by atoms with van der Waals surface area (Å²) in [4.78, 5) is 11.3. The van der Waals surface area contributed by atoms with Gasteiger partial charge in [-0.15, -0.1) is 0 Å². The highest BCUT2D eigenvalue weighted by atomic mass is 16.5. The lowest BCUT2D eigenvalue weighted by atomic mass is 10.2. The first-order valence-electron chi connectivity index (χ1n) is 4.80. The number of Topliss-reactive ketones (excluding diaryl/α,β-unsaturated/α-hetero) is 1. The van der Waals surface area contributed by atoms with Gasteiger partial charge < -0.3 is 4.74 Å². The second-order valence-corrected chi connectivity index (χ2v) is 3.12. The lowest BCUT2D eigenvalue weighted by Crippen LogP contribution is -2.10. The van der Waals surface area contributed by atoms with Crippen molar-refractivity contribution in [3.05, 3.63) is 18.0 Å². The van der Waals surface area contributed by atoms with Crippen LogP contribution in [0.1, 0.15) is 19.0 Å². The van der Waals surface area contributed by atoms with Crippen LogP contribution in [-0.4, -0.2) is 28.8 Å². The molecule has 0 aliphatic rings. The first-order chi connectivity index (χ1) is 6.74. The zero-order valence-electron chi connectivity index (χ0n) is 8.69. The van der Waals surface area contributed by atoms with Crippen molar-refractivity contribution < 1.29 is 9.53 Å². The molecule has 0 saturated carbocycles. The van der Waals surface area contributed by atoms with Crippen LogP contribution in [0.3, 0.4) is 0 Å². The Balaban J connectivity index is 2.27. The molecule has 0 unspecified atom stereocenters. The van der Waals surface area contributed by atoms with Crippen molar-refractivity contribution in [3.8, 4) is 0 Å². The number of hydrogen-bond acceptors (Lipinski definition) is 3. The summed E-state index contributed by atoms with van der Waals surface area (Å²) in [5, 5.41) is 4.03. The molecule has 1 aromatic rings. The molecule has 14 heavy (non-hydrogen) atoms. The molecule has 0 aliphatic heterocycles. The maximum Gasteiger partial charge on any atom is 0.158 e. The number of ether oxygens (including phenoxy) is 1. The van der Waals surface area contributed by atoms with E-state index >= 15 is 0 Å². The van der Waals surface area contributed by atoms with Crippen LogP contribution in [-0.2, 0) is 23.0 Å². The Morgan fingerprint density at radius 1 is 1.64 bits per heavy atom. The minimum absolute atomic E-state index is 0.146. The van der Waals surface area contributed by atoms with Crippen molar-refractivity contribution in [2.75, 3.05) is 13.2 Å². The van der Waals surface area contributed by atoms with E-state index in [-0.39, 0.29) is 12.4 Å². The molecule has 0 N–H and O–H groups in total. The standard InChI is InChI=1S/C10H16N2O2/c1-3-14-8-10(13)5-4-9-6-7-11-12(9)2/h6-7H,3-5,8H2,1-2H3. The smallest absolute Gasteiger partial charge is 0.158 e. The summed E-state index contributed by atoms with van der Waals surface area (Å²) in [6.45, 7) is 2.71. The number of carbonyl (C=O) groups excluding carboxylic acids is 1. The number of hydrogen-bond donors (Lipinski definition) is 0. The van der Waals surface area contributed by atoms with E-state index in [1.807, 2.05) is 20.0 Å². The topological polar surface area (TPSA) is 44.1 Å². The van der Waals surface area contributed by atoms with E-state index in [0.29, 0.717) is 13.0 Å². The molecule has 1 rings (SSSR count). The fourth-order valence-corrected chi connectivity index (χ4v) is 1.20. The van der Waals surface area contributed by atoms with E-state index in [0.717, 1.165) is 12.1 Å². The SMILES string of the molecule is CCOCC(=O)CCc1ccnn1C. The van der Waals surface area contributed by atoms with E-state index in [1.54, 1.807) is 10.9 Å². The number of nitrogens with zero attached hydrogens (tertiary/aromatic N) is 2. The van der Waals surface area contributed by atoms with Crippen molar-refractivity contribution in [2.45, 2.75) is 19.8 Å². The molecule has 78 valence electrons. The Hall–Kier alpha value is -1.16. The highest BCUT2D eigenvalue weighted by Gasteiger charge is 2.04. The minimum atomic E-state index is 0.146. The summed E-state index contributed by atoms with van der Waals surface area (Å²) in [5.41, 5.74) is 1.08. The van der Waals surface area contributed by atoms with Gasteiger partial charge in [-0.1, -0.05) is 0 Å². The maximum absolute atomic E-state index is 11.3. The molecule has 4 heteroatoms. The molecule has 0 spiro atoms. The molecule has 4 nitrogen and oxygen atoms in total. The monoisotopic (exact) mass is 196 g/mol. The average molecular weight is 196 g/mol. The van der Waals surface area contributed by atoms with Crippen LogP contribution < -0.4 is 0 Å². The molecular formula is C10H16N2O2. The van der Waals surface area contributed by atoms with Crippen molar-refractivity contribution >= 4 is 5.78 Å². The third-order valence-electron chi connectivity index (χ3n) is 2.05. The van der Waals surface area contributed by atoms with E-state index in [4.69, 9.17) is 4.74 Å². The van der Waals surface area contributed by atoms with Crippen LogP contribution in [0.15, 0.2) is 12.3 Å². The maximum atomic E-state index is 11.3. The van der Waals surface area contributed by atoms with Gasteiger partial charge in [-0.05, 0) is 19.4 Å². The van der Waals surface area contributed by atoms with Gasteiger partial charge in [0.2, 0.25) is 0 Å². The van der Waals surface area contributed by atoms with Gasteiger partial charge in [0, 0.05) is 32.0 Å². The van der Waals surface area contributed by atoms with Gasteiger partial charge in [0.15, 0.2) is 5.78 Å². The van der Waals surface area contributed by atoms with Crippen molar-refractivity contribution in [1.82, 2.24) is 9.78 Å². The van der Waals surface area contributed by atoms with Crippen LogP contribution in [0, 0.1) is 0 Å². The molecule has 1 heterocycles. The lowest BCUT2D eigenvalue weighted by Gasteiger charge is -2.01. The fraction of sp³-hybridized carbons (Fsp3) is 0.600. The predicted octanol–water partition coefficient (Wildman–Crippen LogP) is 0.958. The summed E-state index contributed by atoms with van der Waals surface area (Å²) in [7, 11) is 1.88. The number of aryl methyl sites for hydroxylation is 2. The molecule has 0 saturated heterocycles.